The van der Waals surface area contributed by atoms with Crippen LogP contribution in [0.5, 0.6) is 0 Å². The molecule has 2 aliphatic rings. The van der Waals surface area contributed by atoms with Gasteiger partial charge in [-0.25, -0.2) is 15.4 Å². The van der Waals surface area contributed by atoms with Crippen molar-refractivity contribution in [3.8, 4) is 0 Å². The molecule has 2 aromatic rings. The standard InChI is InChI=1S/C16H14F3N5O2/c17-16(18,19)10-2-1-3-11(4-10)23-7-13-12(23)8-24(13)15-20-5-9(6-21-15)14(25)22-26/h1-6,12-13,26H,7-8H2,(H,22,25)/t12-,13?/m1/s1. The lowest BCUT2D eigenvalue weighted by Gasteiger charge is -2.62. The molecule has 2 atom stereocenters. The normalized spacial score (nSPS) is 21.5. The highest BCUT2D eigenvalue weighted by molar-refractivity contribution is 5.92. The minimum atomic E-state index is -4.36. The monoisotopic (exact) mass is 365 g/mol. The van der Waals surface area contributed by atoms with Crippen molar-refractivity contribution in [2.45, 2.75) is 18.3 Å². The van der Waals surface area contributed by atoms with Crippen molar-refractivity contribution in [2.75, 3.05) is 22.9 Å². The predicted octanol–water partition coefficient (Wildman–Crippen LogP) is 1.69. The molecule has 0 radical (unpaired) electrons. The van der Waals surface area contributed by atoms with Gasteiger partial charge >= 0.3 is 6.18 Å². The Hall–Kier alpha value is -2.88. The number of halogens is 3. The van der Waals surface area contributed by atoms with Crippen LogP contribution in [0.3, 0.4) is 0 Å². The highest BCUT2D eigenvalue weighted by Crippen LogP contribution is 2.40. The van der Waals surface area contributed by atoms with E-state index in [0.29, 0.717) is 24.7 Å². The van der Waals surface area contributed by atoms with E-state index in [2.05, 4.69) is 9.97 Å². The lowest BCUT2D eigenvalue weighted by atomic mass is 9.85. The molecule has 136 valence electrons. The van der Waals surface area contributed by atoms with Crippen molar-refractivity contribution in [3.05, 3.63) is 47.8 Å². The number of hydroxylamine groups is 1. The van der Waals surface area contributed by atoms with Crippen LogP contribution in [0.4, 0.5) is 24.8 Å². The number of hydrogen-bond donors (Lipinski definition) is 2. The van der Waals surface area contributed by atoms with E-state index >= 15 is 0 Å². The number of amides is 1. The van der Waals surface area contributed by atoms with Gasteiger partial charge in [0.2, 0.25) is 5.95 Å². The Balaban J connectivity index is 1.43. The molecule has 1 aromatic heterocycles. The Morgan fingerprint density at radius 2 is 1.81 bits per heavy atom. The van der Waals surface area contributed by atoms with Gasteiger partial charge in [-0.05, 0) is 18.2 Å². The summed E-state index contributed by atoms with van der Waals surface area (Å²) >= 11 is 0. The molecule has 1 amide bonds. The second-order valence-corrected chi connectivity index (χ2v) is 6.20. The summed E-state index contributed by atoms with van der Waals surface area (Å²) in [6, 6.07) is 5.55. The fourth-order valence-electron chi connectivity index (χ4n) is 3.29. The van der Waals surface area contributed by atoms with E-state index in [1.807, 2.05) is 9.80 Å². The summed E-state index contributed by atoms with van der Waals surface area (Å²) in [5.41, 5.74) is 1.53. The van der Waals surface area contributed by atoms with Gasteiger partial charge in [0.25, 0.3) is 5.91 Å². The Morgan fingerprint density at radius 1 is 1.15 bits per heavy atom. The lowest BCUT2D eigenvalue weighted by Crippen LogP contribution is -2.79. The summed E-state index contributed by atoms with van der Waals surface area (Å²) in [5.74, 6) is -0.248. The number of carbonyl (C=O) groups excluding carboxylic acids is 1. The molecule has 7 nitrogen and oxygen atoms in total. The Labute approximate surface area is 146 Å². The zero-order chi connectivity index (χ0) is 18.5. The summed E-state index contributed by atoms with van der Waals surface area (Å²) in [5, 5.41) is 8.58. The first-order valence-electron chi connectivity index (χ1n) is 7.85. The first kappa shape index (κ1) is 16.6. The number of aromatic nitrogens is 2. The molecule has 2 N–H and O–H groups in total. The second kappa shape index (κ2) is 5.84. The zero-order valence-corrected chi connectivity index (χ0v) is 13.3. The number of fused-ring (bicyclic) bond motifs is 1. The molecule has 2 aliphatic heterocycles. The zero-order valence-electron chi connectivity index (χ0n) is 13.3. The molecule has 0 aliphatic carbocycles. The van der Waals surface area contributed by atoms with Gasteiger partial charge in [-0.2, -0.15) is 13.2 Å². The number of carbonyl (C=O) groups is 1. The smallest absolute Gasteiger partial charge is 0.362 e. The molecule has 10 heteroatoms. The maximum absolute atomic E-state index is 12.9. The summed E-state index contributed by atoms with van der Waals surface area (Å²) < 4.78 is 38.6. The Morgan fingerprint density at radius 3 is 2.38 bits per heavy atom. The molecule has 0 bridgehead atoms. The molecule has 3 heterocycles. The maximum atomic E-state index is 12.9. The van der Waals surface area contributed by atoms with Gasteiger partial charge in [-0.1, -0.05) is 6.07 Å². The quantitative estimate of drug-likeness (QED) is 0.636. The Bertz CT molecular complexity index is 843. The lowest BCUT2D eigenvalue weighted by molar-refractivity contribution is -0.137. The summed E-state index contributed by atoms with van der Waals surface area (Å²) in [6.45, 7) is 1.17. The van der Waals surface area contributed by atoms with Gasteiger partial charge in [0, 0.05) is 31.2 Å². The van der Waals surface area contributed by atoms with Crippen molar-refractivity contribution >= 4 is 17.5 Å². The third-order valence-electron chi connectivity index (χ3n) is 4.78. The van der Waals surface area contributed by atoms with Crippen LogP contribution in [0.2, 0.25) is 0 Å². The average Bonchev–Trinajstić information content (AvgIpc) is 2.62. The second-order valence-electron chi connectivity index (χ2n) is 6.20. The van der Waals surface area contributed by atoms with Crippen molar-refractivity contribution < 1.29 is 23.2 Å². The third kappa shape index (κ3) is 2.62. The summed E-state index contributed by atoms with van der Waals surface area (Å²) in [6.07, 6.45) is -1.74. The van der Waals surface area contributed by atoms with Gasteiger partial charge in [0.05, 0.1) is 23.2 Å². The molecule has 26 heavy (non-hydrogen) atoms. The number of benzene rings is 1. The number of alkyl halides is 3. The van der Waals surface area contributed by atoms with E-state index in [0.717, 1.165) is 12.1 Å². The molecule has 4 rings (SSSR count). The summed E-state index contributed by atoms with van der Waals surface area (Å²) in [4.78, 5) is 23.4. The van der Waals surface area contributed by atoms with E-state index in [9.17, 15) is 18.0 Å². The van der Waals surface area contributed by atoms with E-state index in [4.69, 9.17) is 5.21 Å². The van der Waals surface area contributed by atoms with Gasteiger partial charge in [0.1, 0.15) is 0 Å². The van der Waals surface area contributed by atoms with E-state index < -0.39 is 17.6 Å². The topological polar surface area (TPSA) is 81.6 Å². The molecule has 0 spiro atoms. The van der Waals surface area contributed by atoms with Gasteiger partial charge in [0.15, 0.2) is 0 Å². The molecule has 2 fully saturated rings. The number of rotatable bonds is 3. The van der Waals surface area contributed by atoms with Crippen molar-refractivity contribution in [1.82, 2.24) is 15.4 Å². The van der Waals surface area contributed by atoms with Crippen LogP contribution in [0, 0.1) is 0 Å². The van der Waals surface area contributed by atoms with Crippen LogP contribution in [-0.4, -0.2) is 46.3 Å². The molecule has 1 unspecified atom stereocenters. The van der Waals surface area contributed by atoms with Gasteiger partial charge in [-0.15, -0.1) is 0 Å². The van der Waals surface area contributed by atoms with E-state index in [1.54, 1.807) is 6.07 Å². The molecule has 1 aromatic carbocycles. The van der Waals surface area contributed by atoms with Crippen LogP contribution < -0.4 is 15.3 Å². The minimum Gasteiger partial charge on any atom is -0.362 e. The predicted molar refractivity (Wildman–Crippen MR) is 85.0 cm³/mol. The van der Waals surface area contributed by atoms with Crippen LogP contribution in [0.25, 0.3) is 0 Å². The molecular formula is C16H14F3N5O2. The Kier molecular flexibility index (Phi) is 3.72. The highest BCUT2D eigenvalue weighted by atomic mass is 19.4. The largest absolute Gasteiger partial charge is 0.416 e. The number of nitrogens with zero attached hydrogens (tertiary/aromatic N) is 4. The number of piperazine rings is 1. The van der Waals surface area contributed by atoms with Crippen LogP contribution in [-0.2, 0) is 6.18 Å². The summed E-state index contributed by atoms with van der Waals surface area (Å²) in [7, 11) is 0. The SMILES string of the molecule is O=C(NO)c1cnc(N2C[C@@H]3C2CN3c2cccc(C(F)(F)F)c2)nc1. The van der Waals surface area contributed by atoms with Gasteiger partial charge in [-0.3, -0.25) is 10.0 Å². The van der Waals surface area contributed by atoms with Crippen molar-refractivity contribution in [1.29, 1.82) is 0 Å². The van der Waals surface area contributed by atoms with Crippen LogP contribution >= 0.6 is 0 Å². The molecule has 2 saturated heterocycles. The van der Waals surface area contributed by atoms with Crippen molar-refractivity contribution in [2.24, 2.45) is 0 Å². The van der Waals surface area contributed by atoms with Crippen LogP contribution in [0.15, 0.2) is 36.7 Å². The molecular weight excluding hydrogens is 351 g/mol. The van der Waals surface area contributed by atoms with Gasteiger partial charge < -0.3 is 9.80 Å². The first-order chi connectivity index (χ1) is 12.4. The number of anilines is 2. The maximum Gasteiger partial charge on any atom is 0.416 e. The van der Waals surface area contributed by atoms with Crippen LogP contribution in [0.1, 0.15) is 15.9 Å². The highest BCUT2D eigenvalue weighted by Gasteiger charge is 2.52. The van der Waals surface area contributed by atoms with E-state index in [1.165, 1.54) is 23.9 Å². The fourth-order valence-corrected chi connectivity index (χ4v) is 3.29. The van der Waals surface area contributed by atoms with E-state index in [-0.39, 0.29) is 17.6 Å². The van der Waals surface area contributed by atoms with Crippen molar-refractivity contribution in [3.63, 3.8) is 0 Å². The molecule has 0 saturated carbocycles. The number of nitrogens with one attached hydrogen (secondary N) is 1. The average molecular weight is 365 g/mol. The minimum absolute atomic E-state index is 0.113. The third-order valence-corrected chi connectivity index (χ3v) is 4.78. The number of hydrogen-bond acceptors (Lipinski definition) is 6. The fraction of sp³-hybridized carbons (Fsp3) is 0.312. The first-order valence-corrected chi connectivity index (χ1v) is 7.85.